The molecule has 0 atom stereocenters. The number of anilines is 1. The van der Waals surface area contributed by atoms with E-state index >= 15 is 0 Å². The predicted molar refractivity (Wildman–Crippen MR) is 61.1 cm³/mol. The molecule has 1 aliphatic heterocycles. The fraction of sp³-hybridized carbons (Fsp3) is 0.455. The Morgan fingerprint density at radius 1 is 1.43 bits per heavy atom. The summed E-state index contributed by atoms with van der Waals surface area (Å²) in [6, 6.07) is 2.17. The van der Waals surface area contributed by atoms with Crippen molar-refractivity contribution >= 4 is 21.6 Å². The van der Waals surface area contributed by atoms with Crippen LogP contribution in [0.25, 0.3) is 0 Å². The van der Waals surface area contributed by atoms with Gasteiger partial charge in [-0.05, 0) is 38.5 Å². The minimum Gasteiger partial charge on any atom is -0.398 e. The van der Waals surface area contributed by atoms with Crippen molar-refractivity contribution in [2.75, 3.05) is 5.73 Å². The zero-order valence-corrected chi connectivity index (χ0v) is 10.0. The van der Waals surface area contributed by atoms with Crippen LogP contribution in [0.5, 0.6) is 0 Å². The number of hydrogen-bond acceptors (Lipinski definition) is 2. The van der Waals surface area contributed by atoms with Gasteiger partial charge in [-0.2, -0.15) is 0 Å². The normalized spacial score (nSPS) is 14.9. The van der Waals surface area contributed by atoms with Crippen LogP contribution < -0.4 is 5.73 Å². The molecule has 1 aromatic carbocycles. The highest BCUT2D eigenvalue weighted by molar-refractivity contribution is 9.10. The van der Waals surface area contributed by atoms with E-state index in [9.17, 15) is 0 Å². The van der Waals surface area contributed by atoms with Gasteiger partial charge in [-0.3, -0.25) is 0 Å². The van der Waals surface area contributed by atoms with Gasteiger partial charge in [0.05, 0.1) is 13.2 Å². The van der Waals surface area contributed by atoms with Crippen LogP contribution >= 0.6 is 15.9 Å². The number of fused-ring (bicyclic) bond motifs is 1. The van der Waals surface area contributed by atoms with Gasteiger partial charge >= 0.3 is 0 Å². The average molecular weight is 256 g/mol. The van der Waals surface area contributed by atoms with Gasteiger partial charge in [-0.25, -0.2) is 0 Å². The van der Waals surface area contributed by atoms with Gasteiger partial charge in [0.2, 0.25) is 0 Å². The molecule has 14 heavy (non-hydrogen) atoms. The third-order valence-electron chi connectivity index (χ3n) is 2.66. The Kier molecular flexibility index (Phi) is 2.54. The lowest BCUT2D eigenvalue weighted by Crippen LogP contribution is -2.01. The summed E-state index contributed by atoms with van der Waals surface area (Å²) in [5.74, 6) is 0.456. The summed E-state index contributed by atoms with van der Waals surface area (Å²) in [6.07, 6.45) is 0. The van der Waals surface area contributed by atoms with E-state index in [0.717, 1.165) is 10.2 Å². The van der Waals surface area contributed by atoms with E-state index in [2.05, 4.69) is 35.8 Å². The summed E-state index contributed by atoms with van der Waals surface area (Å²) >= 11 is 3.55. The quantitative estimate of drug-likeness (QED) is 0.783. The highest BCUT2D eigenvalue weighted by Crippen LogP contribution is 2.37. The zero-order chi connectivity index (χ0) is 10.3. The number of benzene rings is 1. The maximum absolute atomic E-state index is 6.05. The Balaban J connectivity index is 2.61. The minimum absolute atomic E-state index is 0.456. The Morgan fingerprint density at radius 3 is 2.79 bits per heavy atom. The standard InChI is InChI=1S/C11H14BrNO/c1-6(2)8-3-7-4-14-5-9(7)10(12)11(8)13/h3,6H,4-5,13H2,1-2H3. The maximum Gasteiger partial charge on any atom is 0.0736 e. The van der Waals surface area contributed by atoms with Crippen LogP contribution in [0.1, 0.15) is 36.5 Å². The summed E-state index contributed by atoms with van der Waals surface area (Å²) in [7, 11) is 0. The third kappa shape index (κ3) is 1.44. The summed E-state index contributed by atoms with van der Waals surface area (Å²) in [4.78, 5) is 0. The van der Waals surface area contributed by atoms with Crippen LogP contribution in [0.4, 0.5) is 5.69 Å². The highest BCUT2D eigenvalue weighted by atomic mass is 79.9. The predicted octanol–water partition coefficient (Wildman–Crippen LogP) is 3.18. The molecule has 1 heterocycles. The lowest BCUT2D eigenvalue weighted by Gasteiger charge is -2.14. The first-order chi connectivity index (χ1) is 6.61. The molecular weight excluding hydrogens is 242 g/mol. The van der Waals surface area contributed by atoms with E-state index in [1.54, 1.807) is 0 Å². The van der Waals surface area contributed by atoms with E-state index < -0.39 is 0 Å². The molecule has 3 heteroatoms. The number of hydrogen-bond donors (Lipinski definition) is 1. The molecular formula is C11H14BrNO. The van der Waals surface area contributed by atoms with Crippen molar-refractivity contribution in [1.29, 1.82) is 0 Å². The number of ether oxygens (including phenoxy) is 1. The molecule has 1 aliphatic rings. The fourth-order valence-corrected chi connectivity index (χ4v) is 2.41. The Labute approximate surface area is 92.6 Å². The summed E-state index contributed by atoms with van der Waals surface area (Å²) in [6.45, 7) is 5.70. The van der Waals surface area contributed by atoms with E-state index in [0.29, 0.717) is 19.1 Å². The second-order valence-corrected chi connectivity index (χ2v) is 4.77. The van der Waals surface area contributed by atoms with Gasteiger partial charge in [0.15, 0.2) is 0 Å². The van der Waals surface area contributed by atoms with Gasteiger partial charge in [0.1, 0.15) is 0 Å². The zero-order valence-electron chi connectivity index (χ0n) is 8.43. The van der Waals surface area contributed by atoms with Crippen LogP contribution in [0.2, 0.25) is 0 Å². The van der Waals surface area contributed by atoms with Gasteiger partial charge in [-0.15, -0.1) is 0 Å². The summed E-state index contributed by atoms with van der Waals surface area (Å²) in [5, 5.41) is 0. The van der Waals surface area contributed by atoms with Gasteiger partial charge < -0.3 is 10.5 Å². The lowest BCUT2D eigenvalue weighted by molar-refractivity contribution is 0.134. The molecule has 0 fully saturated rings. The number of halogens is 1. The molecule has 0 aliphatic carbocycles. The topological polar surface area (TPSA) is 35.2 Å². The van der Waals surface area contributed by atoms with E-state index in [1.807, 2.05) is 0 Å². The monoisotopic (exact) mass is 255 g/mol. The van der Waals surface area contributed by atoms with E-state index in [-0.39, 0.29) is 0 Å². The van der Waals surface area contributed by atoms with Gasteiger partial charge in [-0.1, -0.05) is 19.9 Å². The van der Waals surface area contributed by atoms with Crippen molar-refractivity contribution in [3.05, 3.63) is 27.2 Å². The van der Waals surface area contributed by atoms with Crippen molar-refractivity contribution in [3.8, 4) is 0 Å². The molecule has 0 aromatic heterocycles. The smallest absolute Gasteiger partial charge is 0.0736 e. The SMILES string of the molecule is CC(C)c1cc2c(c(Br)c1N)COC2. The fourth-order valence-electron chi connectivity index (χ4n) is 1.81. The molecule has 0 spiro atoms. The molecule has 2 rings (SSSR count). The minimum atomic E-state index is 0.456. The molecule has 0 unspecified atom stereocenters. The molecule has 76 valence electrons. The Bertz CT molecular complexity index is 374. The largest absolute Gasteiger partial charge is 0.398 e. The first-order valence-electron chi connectivity index (χ1n) is 4.78. The van der Waals surface area contributed by atoms with Gasteiger partial charge in [0, 0.05) is 10.2 Å². The number of rotatable bonds is 1. The van der Waals surface area contributed by atoms with Crippen LogP contribution in [-0.2, 0) is 18.0 Å². The van der Waals surface area contributed by atoms with Crippen molar-refractivity contribution in [2.45, 2.75) is 33.0 Å². The highest BCUT2D eigenvalue weighted by Gasteiger charge is 2.19. The molecule has 0 radical (unpaired) electrons. The van der Waals surface area contributed by atoms with Crippen molar-refractivity contribution in [3.63, 3.8) is 0 Å². The molecule has 2 nitrogen and oxygen atoms in total. The molecule has 2 N–H and O–H groups in total. The molecule has 0 bridgehead atoms. The first kappa shape index (κ1) is 9.99. The number of nitrogen functional groups attached to an aromatic ring is 1. The third-order valence-corrected chi connectivity index (χ3v) is 3.56. The van der Waals surface area contributed by atoms with Crippen LogP contribution in [-0.4, -0.2) is 0 Å². The maximum atomic E-state index is 6.05. The van der Waals surface area contributed by atoms with Crippen molar-refractivity contribution in [2.24, 2.45) is 0 Å². The summed E-state index contributed by atoms with van der Waals surface area (Å²) in [5.41, 5.74) is 10.6. The second-order valence-electron chi connectivity index (χ2n) is 3.98. The van der Waals surface area contributed by atoms with Crippen molar-refractivity contribution < 1.29 is 4.74 Å². The molecule has 0 saturated carbocycles. The first-order valence-corrected chi connectivity index (χ1v) is 5.58. The second kappa shape index (κ2) is 3.55. The summed E-state index contributed by atoms with van der Waals surface area (Å²) < 4.78 is 6.42. The van der Waals surface area contributed by atoms with Crippen molar-refractivity contribution in [1.82, 2.24) is 0 Å². The van der Waals surface area contributed by atoms with Gasteiger partial charge in [0.25, 0.3) is 0 Å². The van der Waals surface area contributed by atoms with E-state index in [1.165, 1.54) is 16.7 Å². The lowest BCUT2D eigenvalue weighted by atomic mass is 9.96. The Morgan fingerprint density at radius 2 is 2.14 bits per heavy atom. The molecule has 0 saturated heterocycles. The number of nitrogens with two attached hydrogens (primary N) is 1. The molecule has 0 amide bonds. The van der Waals surface area contributed by atoms with Crippen LogP contribution in [0.15, 0.2) is 10.5 Å². The molecule has 1 aromatic rings. The average Bonchev–Trinajstić information content (AvgIpc) is 2.58. The Hall–Kier alpha value is -0.540. The van der Waals surface area contributed by atoms with E-state index in [4.69, 9.17) is 10.5 Å². The van der Waals surface area contributed by atoms with Crippen LogP contribution in [0.3, 0.4) is 0 Å². The van der Waals surface area contributed by atoms with Crippen LogP contribution in [0, 0.1) is 0 Å².